The van der Waals surface area contributed by atoms with E-state index < -0.39 is 91.0 Å². The molecule has 0 spiro atoms. The lowest BCUT2D eigenvalue weighted by Crippen LogP contribution is -2.79. The van der Waals surface area contributed by atoms with Crippen LogP contribution >= 0.6 is 0 Å². The Labute approximate surface area is 224 Å². The first-order valence-electron chi connectivity index (χ1n) is 8.94. The van der Waals surface area contributed by atoms with Gasteiger partial charge < -0.3 is 0 Å². The smallest absolute Gasteiger partial charge is 0.205 e. The van der Waals surface area contributed by atoms with Crippen molar-refractivity contribution in [2.45, 2.75) is 71.3 Å². The quantitative estimate of drug-likeness (QED) is 0.125. The van der Waals surface area contributed by atoms with E-state index >= 15 is 0 Å². The minimum atomic E-state index is -9.84. The highest BCUT2D eigenvalue weighted by Gasteiger charge is 3.01. The molecule has 0 fully saturated rings. The van der Waals surface area contributed by atoms with E-state index in [2.05, 4.69) is 0 Å². The molecule has 0 aromatic heterocycles. The van der Waals surface area contributed by atoms with Gasteiger partial charge >= 0.3 is 71.3 Å². The molecule has 0 radical (unpaired) electrons. The third-order valence-electron chi connectivity index (χ3n) is 4.72. The number of halogens is 28. The predicted molar refractivity (Wildman–Crippen MR) is 76.1 cm³/mol. The van der Waals surface area contributed by atoms with Crippen LogP contribution < -0.4 is 4.72 Å². The Morgan fingerprint density at radius 1 is 0.378 bits per heavy atom. The van der Waals surface area contributed by atoms with Crippen LogP contribution in [0.2, 0.25) is 0 Å². The van der Waals surface area contributed by atoms with Crippen LogP contribution in [0, 0.1) is 0 Å². The summed E-state index contributed by atoms with van der Waals surface area (Å²) in [5, 5.41) is -7.86. The molecule has 0 aliphatic heterocycles. The Balaban J connectivity index is 7.34. The predicted octanol–water partition coefficient (Wildman–Crippen LogP) is 7.80. The zero-order valence-corrected chi connectivity index (χ0v) is 19.6. The molecule has 0 atom stereocenters. The lowest BCUT2D eigenvalue weighted by atomic mass is 9.90. The lowest BCUT2D eigenvalue weighted by Gasteiger charge is -2.43. The standard InChI is InChI=1S/C12HF28N2O2S/c13-1(14,3(17,18)5(21,22)7(25,26)27)2(15,16)4(19,20)6(23,24)10(33,34)42(39,40)11(35,36)9(31,32)41-45(43,44)12(37,38)8(28,29)30/h41H/q+1. The molecular formula is C12HF28N2O2S+. The number of nitrogens with one attached hydrogen (secondary N) is 1. The normalized spacial score (nSPS) is 17.2. The third kappa shape index (κ3) is 5.33. The molecule has 0 saturated heterocycles. The Bertz CT molecular complexity index is 1210. The van der Waals surface area contributed by atoms with E-state index in [1.165, 1.54) is 0 Å². The molecule has 0 amide bonds. The molecule has 0 rings (SSSR count). The third-order valence-corrected chi connectivity index (χ3v) is 6.15. The van der Waals surface area contributed by atoms with Crippen LogP contribution in [0.25, 0.3) is 0 Å². The summed E-state index contributed by atoms with van der Waals surface area (Å²) in [6.07, 6.45) is -16.0. The van der Waals surface area contributed by atoms with Crippen LogP contribution in [-0.2, 0) is 10.0 Å². The van der Waals surface area contributed by atoms with Gasteiger partial charge in [-0.15, -0.1) is 22.3 Å². The fourth-order valence-electron chi connectivity index (χ4n) is 2.13. The molecule has 0 aliphatic rings. The SMILES string of the molecule is O=S(=O)(NC(F)(F)C(F)(F)[N+](F)(F)C(F)(F)C(F)(F)C(F)(F)C(F)(F)C(F)(F)C(F)(F)C(F)(F)C(F)(F)F)C(F)(F)C(F)(F)F. The maximum atomic E-state index is 13.6. The van der Waals surface area contributed by atoms with Gasteiger partial charge in [-0.1, -0.05) is 0 Å². The van der Waals surface area contributed by atoms with Crippen molar-refractivity contribution >= 4 is 10.0 Å². The number of hydrogen-bond donors (Lipinski definition) is 1. The highest BCUT2D eigenvalue weighted by molar-refractivity contribution is 7.90. The van der Waals surface area contributed by atoms with E-state index in [1.54, 1.807) is 0 Å². The van der Waals surface area contributed by atoms with Crippen LogP contribution in [0.4, 0.5) is 123 Å². The Morgan fingerprint density at radius 3 is 0.911 bits per heavy atom. The van der Waals surface area contributed by atoms with Crippen LogP contribution in [0.15, 0.2) is 0 Å². The topological polar surface area (TPSA) is 46.2 Å². The molecule has 0 unspecified atom stereocenters. The zero-order chi connectivity index (χ0) is 37.7. The van der Waals surface area contributed by atoms with E-state index in [0.29, 0.717) is 0 Å². The van der Waals surface area contributed by atoms with Gasteiger partial charge in [-0.25, -0.2) is 8.42 Å². The highest BCUT2D eigenvalue weighted by atomic mass is 32.2. The molecule has 33 heteroatoms. The summed E-state index contributed by atoms with van der Waals surface area (Å²) in [6, 6.07) is -27.6. The molecule has 0 aliphatic carbocycles. The van der Waals surface area contributed by atoms with Crippen LogP contribution in [-0.4, -0.2) is 84.6 Å². The van der Waals surface area contributed by atoms with Crippen molar-refractivity contribution in [2.24, 2.45) is 0 Å². The van der Waals surface area contributed by atoms with Crippen molar-refractivity contribution in [2.75, 3.05) is 0 Å². The van der Waals surface area contributed by atoms with Gasteiger partial charge in [0, 0.05) is 0 Å². The van der Waals surface area contributed by atoms with E-state index in [4.69, 9.17) is 0 Å². The van der Waals surface area contributed by atoms with Crippen LogP contribution in [0.5, 0.6) is 0 Å². The Hall–Kier alpha value is -2.09. The Kier molecular flexibility index (Phi) is 9.73. The van der Waals surface area contributed by atoms with Gasteiger partial charge in [-0.05, 0) is 0 Å². The summed E-state index contributed by atoms with van der Waals surface area (Å²) in [5.41, 5.74) is 0. The lowest BCUT2D eigenvalue weighted by molar-refractivity contribution is -1.28. The summed E-state index contributed by atoms with van der Waals surface area (Å²) in [7, 11) is -8.74. The molecule has 0 heterocycles. The van der Waals surface area contributed by atoms with Crippen molar-refractivity contribution in [1.29, 1.82) is 0 Å². The van der Waals surface area contributed by atoms with E-state index in [0.717, 1.165) is 0 Å². The number of sulfonamides is 1. The molecule has 0 aromatic carbocycles. The number of hydrogen-bond acceptors (Lipinski definition) is 2. The minimum absolute atomic E-state index is 2.11. The van der Waals surface area contributed by atoms with Gasteiger partial charge in [0.1, 0.15) is 0 Å². The molecule has 0 bridgehead atoms. The summed E-state index contributed by atoms with van der Waals surface area (Å²) in [6.45, 7) is 0. The first kappa shape index (κ1) is 42.9. The average Bonchev–Trinajstić information content (AvgIpc) is 2.75. The maximum absolute atomic E-state index is 13.6. The van der Waals surface area contributed by atoms with E-state index in [9.17, 15) is 132 Å². The zero-order valence-electron chi connectivity index (χ0n) is 18.8. The second-order valence-electron chi connectivity index (χ2n) is 7.73. The molecular weight excluding hydrogens is 768 g/mol. The molecule has 4 nitrogen and oxygen atoms in total. The van der Waals surface area contributed by atoms with Gasteiger partial charge in [-0.3, -0.25) is 0 Å². The van der Waals surface area contributed by atoms with Crippen LogP contribution in [0.1, 0.15) is 0 Å². The monoisotopic (exact) mass is 769 g/mol. The number of nitrogens with zero attached hydrogens (tertiary/aromatic N) is 1. The summed E-state index contributed by atoms with van der Waals surface area (Å²) >= 11 is 0. The molecule has 0 saturated carbocycles. The first-order chi connectivity index (χ1) is 18.7. The van der Waals surface area contributed by atoms with Crippen molar-refractivity contribution in [3.05, 3.63) is 0 Å². The van der Waals surface area contributed by atoms with Gasteiger partial charge in [-0.2, -0.15) is 96.6 Å². The molecule has 0 aromatic rings. The second-order valence-corrected chi connectivity index (χ2v) is 9.46. The number of rotatable bonds is 12. The van der Waals surface area contributed by atoms with Gasteiger partial charge in [0.25, 0.3) is 10.0 Å². The largest absolute Gasteiger partial charge is 0.550 e. The van der Waals surface area contributed by atoms with Gasteiger partial charge in [0.15, 0.2) is 4.93 Å². The second kappa shape index (κ2) is 10.2. The van der Waals surface area contributed by atoms with Crippen molar-refractivity contribution < 1.29 is 136 Å². The first-order valence-corrected chi connectivity index (χ1v) is 10.4. The van der Waals surface area contributed by atoms with Crippen molar-refractivity contribution in [3.63, 3.8) is 0 Å². The van der Waals surface area contributed by atoms with Gasteiger partial charge in [0.2, 0.25) is 0 Å². The van der Waals surface area contributed by atoms with Crippen molar-refractivity contribution in [1.82, 2.24) is 4.72 Å². The van der Waals surface area contributed by atoms with Crippen LogP contribution in [0.3, 0.4) is 0 Å². The van der Waals surface area contributed by atoms with E-state index in [-0.39, 0.29) is 0 Å². The Morgan fingerprint density at radius 2 is 0.644 bits per heavy atom. The fourth-order valence-corrected chi connectivity index (χ4v) is 3.02. The fraction of sp³-hybridized carbons (Fsp3) is 1.00. The molecule has 45 heavy (non-hydrogen) atoms. The van der Waals surface area contributed by atoms with E-state index in [1.807, 2.05) is 0 Å². The number of alkyl halides is 26. The highest BCUT2D eigenvalue weighted by Crippen LogP contribution is 2.66. The maximum Gasteiger partial charge on any atom is 0.550 e. The minimum Gasteiger partial charge on any atom is -0.205 e. The van der Waals surface area contributed by atoms with Crippen molar-refractivity contribution in [3.8, 4) is 0 Å². The van der Waals surface area contributed by atoms with Gasteiger partial charge in [0.05, 0.1) is 8.96 Å². The molecule has 1 N–H and O–H groups in total. The summed E-state index contributed by atoms with van der Waals surface area (Å²) in [5.74, 6) is -56.9. The average molecular weight is 769 g/mol. The summed E-state index contributed by atoms with van der Waals surface area (Å²) in [4.78, 5) is -8.65. The number of quaternary nitrogens is 1. The molecule has 272 valence electrons. The summed E-state index contributed by atoms with van der Waals surface area (Å²) < 4.78 is 384.